The second-order valence-electron chi connectivity index (χ2n) is 4.15. The van der Waals surface area contributed by atoms with Crippen LogP contribution in [0.25, 0.3) is 0 Å². The van der Waals surface area contributed by atoms with Crippen molar-refractivity contribution in [1.29, 1.82) is 0 Å². The number of unbranched alkanes of at least 4 members (excludes halogenated alkanes) is 1. The maximum Gasteiger partial charge on any atom is 0.306 e. The molecule has 1 atom stereocenters. The van der Waals surface area contributed by atoms with Crippen molar-refractivity contribution in [1.82, 2.24) is 0 Å². The first-order valence-corrected chi connectivity index (χ1v) is 6.60. The Morgan fingerprint density at radius 3 is 2.47 bits per heavy atom. The fourth-order valence-electron chi connectivity index (χ4n) is 1.75. The smallest absolute Gasteiger partial charge is 0.306 e. The summed E-state index contributed by atoms with van der Waals surface area (Å²) >= 11 is 3.36. The maximum atomic E-state index is 11.1. The third-order valence-corrected chi connectivity index (χ3v) is 3.28. The molecule has 3 N–H and O–H groups in total. The molecule has 0 heterocycles. The molecule has 0 aliphatic heterocycles. The van der Waals surface area contributed by atoms with Gasteiger partial charge in [0, 0.05) is 4.47 Å². The molecule has 94 valence electrons. The van der Waals surface area contributed by atoms with Crippen LogP contribution in [-0.4, -0.2) is 17.6 Å². The van der Waals surface area contributed by atoms with E-state index in [2.05, 4.69) is 15.9 Å². The van der Waals surface area contributed by atoms with Crippen molar-refractivity contribution in [3.8, 4) is 0 Å². The molecule has 0 bridgehead atoms. The zero-order valence-electron chi connectivity index (χ0n) is 9.73. The molecular formula is C13H18BrNO2. The Balaban J connectivity index is 2.54. The minimum atomic E-state index is -0.718. The van der Waals surface area contributed by atoms with E-state index >= 15 is 0 Å². The van der Waals surface area contributed by atoms with Gasteiger partial charge in [0.25, 0.3) is 0 Å². The van der Waals surface area contributed by atoms with Gasteiger partial charge in [0.05, 0.1) is 5.92 Å². The SMILES string of the molecule is NCCCCC(Cc1ccc(Br)cc1)C(=O)O. The van der Waals surface area contributed by atoms with E-state index < -0.39 is 5.97 Å². The zero-order chi connectivity index (χ0) is 12.7. The molecule has 1 rings (SSSR count). The number of halogens is 1. The monoisotopic (exact) mass is 299 g/mol. The Hall–Kier alpha value is -0.870. The van der Waals surface area contributed by atoms with Crippen LogP contribution in [0, 0.1) is 5.92 Å². The number of aliphatic carboxylic acids is 1. The Kier molecular flexibility index (Phi) is 6.22. The first-order chi connectivity index (χ1) is 8.13. The van der Waals surface area contributed by atoms with Crippen LogP contribution >= 0.6 is 15.9 Å². The van der Waals surface area contributed by atoms with Gasteiger partial charge in [0.1, 0.15) is 0 Å². The highest BCUT2D eigenvalue weighted by Gasteiger charge is 2.17. The average molecular weight is 300 g/mol. The standard InChI is InChI=1S/C13H18BrNO2/c14-12-6-4-10(5-7-12)9-11(13(16)17)3-1-2-8-15/h4-7,11H,1-3,8-9,15H2,(H,16,17). The normalized spacial score (nSPS) is 12.4. The van der Waals surface area contributed by atoms with Gasteiger partial charge in [0.2, 0.25) is 0 Å². The van der Waals surface area contributed by atoms with Crippen LogP contribution in [0.1, 0.15) is 24.8 Å². The quantitative estimate of drug-likeness (QED) is 0.761. The van der Waals surface area contributed by atoms with Crippen LogP contribution in [0.2, 0.25) is 0 Å². The number of nitrogens with two attached hydrogens (primary N) is 1. The van der Waals surface area contributed by atoms with Crippen molar-refractivity contribution in [2.45, 2.75) is 25.7 Å². The van der Waals surface area contributed by atoms with E-state index in [1.165, 1.54) is 0 Å². The van der Waals surface area contributed by atoms with Gasteiger partial charge in [-0.3, -0.25) is 4.79 Å². The molecule has 0 spiro atoms. The van der Waals surface area contributed by atoms with Gasteiger partial charge in [-0.15, -0.1) is 0 Å². The summed E-state index contributed by atoms with van der Waals surface area (Å²) in [5.41, 5.74) is 6.47. The fourth-order valence-corrected chi connectivity index (χ4v) is 2.02. The van der Waals surface area contributed by atoms with Crippen LogP contribution in [0.5, 0.6) is 0 Å². The fraction of sp³-hybridized carbons (Fsp3) is 0.462. The Morgan fingerprint density at radius 1 is 1.29 bits per heavy atom. The highest BCUT2D eigenvalue weighted by Crippen LogP contribution is 2.17. The van der Waals surface area contributed by atoms with E-state index in [0.29, 0.717) is 19.4 Å². The van der Waals surface area contributed by atoms with Crippen molar-refractivity contribution in [2.75, 3.05) is 6.54 Å². The molecule has 0 aromatic heterocycles. The molecule has 0 amide bonds. The maximum absolute atomic E-state index is 11.1. The van der Waals surface area contributed by atoms with Crippen LogP contribution in [0.4, 0.5) is 0 Å². The summed E-state index contributed by atoms with van der Waals surface area (Å²) in [5.74, 6) is -1.02. The molecule has 1 aromatic carbocycles. The van der Waals surface area contributed by atoms with Gasteiger partial charge in [-0.2, -0.15) is 0 Å². The minimum Gasteiger partial charge on any atom is -0.481 e. The second-order valence-corrected chi connectivity index (χ2v) is 5.07. The van der Waals surface area contributed by atoms with Crippen LogP contribution in [-0.2, 0) is 11.2 Å². The number of carbonyl (C=O) groups is 1. The number of hydrogen-bond donors (Lipinski definition) is 2. The predicted molar refractivity (Wildman–Crippen MR) is 71.9 cm³/mol. The number of carboxylic acid groups (broad SMARTS) is 1. The Labute approximate surface area is 110 Å². The summed E-state index contributed by atoms with van der Waals surface area (Å²) in [6, 6.07) is 7.80. The van der Waals surface area contributed by atoms with Crippen molar-refractivity contribution in [2.24, 2.45) is 11.7 Å². The van der Waals surface area contributed by atoms with E-state index in [9.17, 15) is 4.79 Å². The summed E-state index contributed by atoms with van der Waals surface area (Å²) in [7, 11) is 0. The summed E-state index contributed by atoms with van der Waals surface area (Å²) in [6.45, 7) is 0.630. The van der Waals surface area contributed by atoms with Crippen molar-refractivity contribution in [3.05, 3.63) is 34.3 Å². The minimum absolute atomic E-state index is 0.303. The second kappa shape index (κ2) is 7.45. The molecule has 3 nitrogen and oxygen atoms in total. The topological polar surface area (TPSA) is 63.3 Å². The van der Waals surface area contributed by atoms with E-state index in [1.54, 1.807) is 0 Å². The van der Waals surface area contributed by atoms with Gasteiger partial charge >= 0.3 is 5.97 Å². The van der Waals surface area contributed by atoms with Crippen LogP contribution in [0.3, 0.4) is 0 Å². The summed E-state index contributed by atoms with van der Waals surface area (Å²) in [5, 5.41) is 9.15. The van der Waals surface area contributed by atoms with E-state index in [-0.39, 0.29) is 5.92 Å². The van der Waals surface area contributed by atoms with Gasteiger partial charge in [-0.1, -0.05) is 34.5 Å². The van der Waals surface area contributed by atoms with E-state index in [0.717, 1.165) is 22.9 Å². The summed E-state index contributed by atoms with van der Waals surface area (Å²) < 4.78 is 1.01. The largest absolute Gasteiger partial charge is 0.481 e. The number of rotatable bonds is 7. The Bertz CT molecular complexity index is 351. The molecule has 0 saturated heterocycles. The molecule has 0 saturated carbocycles. The Morgan fingerprint density at radius 2 is 1.94 bits per heavy atom. The number of benzene rings is 1. The van der Waals surface area contributed by atoms with Gasteiger partial charge < -0.3 is 10.8 Å². The lowest BCUT2D eigenvalue weighted by Gasteiger charge is -2.12. The lowest BCUT2D eigenvalue weighted by Crippen LogP contribution is -2.17. The zero-order valence-corrected chi connectivity index (χ0v) is 11.3. The molecular weight excluding hydrogens is 282 g/mol. The molecule has 17 heavy (non-hydrogen) atoms. The lowest BCUT2D eigenvalue weighted by molar-refractivity contribution is -0.142. The summed E-state index contributed by atoms with van der Waals surface area (Å²) in [6.07, 6.45) is 3.06. The van der Waals surface area contributed by atoms with E-state index in [4.69, 9.17) is 10.8 Å². The molecule has 0 aliphatic carbocycles. The number of hydrogen-bond acceptors (Lipinski definition) is 2. The van der Waals surface area contributed by atoms with Crippen molar-refractivity contribution in [3.63, 3.8) is 0 Å². The third-order valence-electron chi connectivity index (χ3n) is 2.75. The molecule has 4 heteroatoms. The van der Waals surface area contributed by atoms with Crippen LogP contribution < -0.4 is 5.73 Å². The van der Waals surface area contributed by atoms with Gasteiger partial charge in [0.15, 0.2) is 0 Å². The van der Waals surface area contributed by atoms with Crippen molar-refractivity contribution >= 4 is 21.9 Å². The van der Waals surface area contributed by atoms with Crippen molar-refractivity contribution < 1.29 is 9.90 Å². The first-order valence-electron chi connectivity index (χ1n) is 5.81. The molecule has 0 aliphatic rings. The molecule has 1 aromatic rings. The highest BCUT2D eigenvalue weighted by atomic mass is 79.9. The predicted octanol–water partition coefficient (Wildman–Crippen LogP) is 2.82. The van der Waals surface area contributed by atoms with E-state index in [1.807, 2.05) is 24.3 Å². The summed E-state index contributed by atoms with van der Waals surface area (Å²) in [4.78, 5) is 11.1. The average Bonchev–Trinajstić information content (AvgIpc) is 2.30. The first kappa shape index (κ1) is 14.2. The number of carboxylic acids is 1. The molecule has 0 fully saturated rings. The highest BCUT2D eigenvalue weighted by molar-refractivity contribution is 9.10. The lowest BCUT2D eigenvalue weighted by atomic mass is 9.94. The molecule has 0 radical (unpaired) electrons. The van der Waals surface area contributed by atoms with Gasteiger partial charge in [-0.05, 0) is 43.5 Å². The molecule has 1 unspecified atom stereocenters. The van der Waals surface area contributed by atoms with Gasteiger partial charge in [-0.25, -0.2) is 0 Å². The van der Waals surface area contributed by atoms with Crippen LogP contribution in [0.15, 0.2) is 28.7 Å². The third kappa shape index (κ3) is 5.33.